The van der Waals surface area contributed by atoms with Gasteiger partial charge >= 0.3 is 7.60 Å². The van der Waals surface area contributed by atoms with Crippen LogP contribution in [0.15, 0.2) is 54.6 Å². The Morgan fingerprint density at radius 3 is 2.06 bits per heavy atom. The van der Waals surface area contributed by atoms with Crippen molar-refractivity contribution in [3.8, 4) is 17.2 Å². The maximum atomic E-state index is 13.1. The summed E-state index contributed by atoms with van der Waals surface area (Å²) in [5, 5.41) is 10.3. The van der Waals surface area contributed by atoms with Gasteiger partial charge in [-0.3, -0.25) is 4.57 Å². The first kappa shape index (κ1) is 25.2. The Morgan fingerprint density at radius 1 is 0.935 bits per heavy atom. The van der Waals surface area contributed by atoms with Gasteiger partial charge in [-0.05, 0) is 53.6 Å². The summed E-state index contributed by atoms with van der Waals surface area (Å²) in [4.78, 5) is 18.2. The van der Waals surface area contributed by atoms with Gasteiger partial charge in [0.2, 0.25) is 0 Å². The van der Waals surface area contributed by atoms with Gasteiger partial charge < -0.3 is 19.6 Å². The Kier molecular flexibility index (Phi) is 8.92. The normalized spacial score (nSPS) is 10.9. The summed E-state index contributed by atoms with van der Waals surface area (Å²) >= 11 is 12.4. The number of hydrogen-bond acceptors (Lipinski definition) is 3. The number of ether oxygens (including phenoxy) is 1. The van der Waals surface area contributed by atoms with Crippen LogP contribution in [0, 0.1) is 5.82 Å². The van der Waals surface area contributed by atoms with Gasteiger partial charge in [0.05, 0.1) is 16.2 Å². The molecular formula is C22H22Cl2FO5P. The van der Waals surface area contributed by atoms with Gasteiger partial charge in [-0.15, -0.1) is 0 Å². The Labute approximate surface area is 190 Å². The zero-order valence-electron chi connectivity index (χ0n) is 16.8. The average molecular weight is 487 g/mol. The summed E-state index contributed by atoms with van der Waals surface area (Å²) < 4.78 is 30.0. The van der Waals surface area contributed by atoms with E-state index in [0.29, 0.717) is 17.7 Å². The maximum Gasteiger partial charge on any atom is 0.329 e. The molecule has 0 aromatic heterocycles. The second-order valence-electron chi connectivity index (χ2n) is 6.41. The molecule has 0 amide bonds. The van der Waals surface area contributed by atoms with E-state index in [1.165, 1.54) is 36.4 Å². The number of rotatable bonds is 6. The lowest BCUT2D eigenvalue weighted by Crippen LogP contribution is -1.94. The highest BCUT2D eigenvalue weighted by atomic mass is 35.5. The minimum absolute atomic E-state index is 0.0517. The molecule has 0 spiro atoms. The highest BCUT2D eigenvalue weighted by Crippen LogP contribution is 2.43. The van der Waals surface area contributed by atoms with Crippen molar-refractivity contribution in [2.45, 2.75) is 26.4 Å². The second-order valence-corrected chi connectivity index (χ2v) is 8.87. The van der Waals surface area contributed by atoms with Gasteiger partial charge in [0.25, 0.3) is 0 Å². The van der Waals surface area contributed by atoms with Crippen LogP contribution in [-0.2, 0) is 17.1 Å². The minimum atomic E-state index is -4.27. The predicted molar refractivity (Wildman–Crippen MR) is 121 cm³/mol. The molecule has 3 aromatic carbocycles. The molecular weight excluding hydrogens is 465 g/mol. The van der Waals surface area contributed by atoms with Crippen LogP contribution in [0.5, 0.6) is 17.2 Å². The third kappa shape index (κ3) is 7.53. The monoisotopic (exact) mass is 486 g/mol. The first-order valence-corrected chi connectivity index (χ1v) is 11.9. The van der Waals surface area contributed by atoms with Crippen molar-refractivity contribution >= 4 is 30.8 Å². The number of benzene rings is 3. The third-order valence-corrected chi connectivity index (χ3v) is 5.36. The molecule has 0 aliphatic rings. The van der Waals surface area contributed by atoms with Crippen LogP contribution in [0.2, 0.25) is 10.0 Å². The van der Waals surface area contributed by atoms with E-state index in [1.54, 1.807) is 18.2 Å². The van der Waals surface area contributed by atoms with E-state index in [1.807, 2.05) is 13.8 Å². The second kappa shape index (κ2) is 11.0. The first-order valence-electron chi connectivity index (χ1n) is 9.37. The summed E-state index contributed by atoms with van der Waals surface area (Å²) in [5.41, 5.74) is 1.64. The van der Waals surface area contributed by atoms with Crippen LogP contribution >= 0.6 is 30.8 Å². The number of aromatic hydroxyl groups is 1. The van der Waals surface area contributed by atoms with Gasteiger partial charge in [-0.25, -0.2) is 4.39 Å². The number of phenolic OH excluding ortho intramolecular Hbond substituents is 1. The van der Waals surface area contributed by atoms with Gasteiger partial charge in [0, 0.05) is 12.0 Å². The number of halogens is 3. The summed E-state index contributed by atoms with van der Waals surface area (Å²) in [6.45, 7) is 4.00. The fourth-order valence-electron chi connectivity index (χ4n) is 2.75. The van der Waals surface area contributed by atoms with Gasteiger partial charge in [0.15, 0.2) is 5.75 Å². The molecule has 0 saturated heterocycles. The molecule has 0 aliphatic heterocycles. The molecule has 0 bridgehead atoms. The molecule has 3 aromatic rings. The molecule has 5 nitrogen and oxygen atoms in total. The van der Waals surface area contributed by atoms with E-state index in [4.69, 9.17) is 37.7 Å². The summed E-state index contributed by atoms with van der Waals surface area (Å²) in [7, 11) is -4.27. The first-order chi connectivity index (χ1) is 14.6. The third-order valence-electron chi connectivity index (χ3n) is 4.03. The largest absolute Gasteiger partial charge is 0.508 e. The van der Waals surface area contributed by atoms with E-state index >= 15 is 0 Å². The zero-order valence-corrected chi connectivity index (χ0v) is 19.3. The zero-order chi connectivity index (χ0) is 23.2. The molecule has 31 heavy (non-hydrogen) atoms. The highest BCUT2D eigenvalue weighted by Gasteiger charge is 2.18. The molecule has 3 N–H and O–H groups in total. The SMILES string of the molecule is CC.O=P(O)(O)Cc1cc(Cl)c(Oc2ccc(O)c(Cc3ccc(F)cc3)c2)c(Cl)c1. The Morgan fingerprint density at radius 2 is 1.52 bits per heavy atom. The smallest absolute Gasteiger partial charge is 0.329 e. The number of hydrogen-bond donors (Lipinski definition) is 3. The molecule has 0 fully saturated rings. The molecule has 0 radical (unpaired) electrons. The summed E-state index contributed by atoms with van der Waals surface area (Å²) in [5.74, 6) is 0.185. The van der Waals surface area contributed by atoms with Crippen molar-refractivity contribution in [3.63, 3.8) is 0 Å². The molecule has 0 heterocycles. The minimum Gasteiger partial charge on any atom is -0.508 e. The quantitative estimate of drug-likeness (QED) is 0.329. The van der Waals surface area contributed by atoms with Gasteiger partial charge in [-0.2, -0.15) is 0 Å². The topological polar surface area (TPSA) is 87.0 Å². The van der Waals surface area contributed by atoms with E-state index in [2.05, 4.69) is 0 Å². The molecule has 0 saturated carbocycles. The Hall–Kier alpha value is -2.08. The average Bonchev–Trinajstić information content (AvgIpc) is 2.69. The van der Waals surface area contributed by atoms with Crippen LogP contribution in [0.25, 0.3) is 0 Å². The van der Waals surface area contributed by atoms with Crippen LogP contribution < -0.4 is 4.74 Å². The van der Waals surface area contributed by atoms with Gasteiger partial charge in [-0.1, -0.05) is 49.2 Å². The number of phenols is 1. The van der Waals surface area contributed by atoms with E-state index in [0.717, 1.165) is 5.56 Å². The van der Waals surface area contributed by atoms with Crippen LogP contribution in [0.1, 0.15) is 30.5 Å². The Balaban J connectivity index is 0.00000166. The van der Waals surface area contributed by atoms with Gasteiger partial charge in [0.1, 0.15) is 17.3 Å². The molecule has 0 atom stereocenters. The van der Waals surface area contributed by atoms with Crippen molar-refractivity contribution in [2.24, 2.45) is 0 Å². The van der Waals surface area contributed by atoms with E-state index in [9.17, 15) is 14.1 Å². The standard InChI is InChI=1S/C20H16Cl2FO5P.C2H6/c21-17-8-13(11-29(25,26)27)9-18(22)20(17)28-16-5-6-19(24)14(10-16)7-12-1-3-15(23)4-2-12;1-2/h1-6,8-10,24H,7,11H2,(H2,25,26,27);1-2H3. The van der Waals surface area contributed by atoms with Crippen LogP contribution in [0.3, 0.4) is 0 Å². The molecule has 0 unspecified atom stereocenters. The van der Waals surface area contributed by atoms with E-state index in [-0.39, 0.29) is 32.9 Å². The lowest BCUT2D eigenvalue weighted by Gasteiger charge is -2.13. The van der Waals surface area contributed by atoms with Crippen LogP contribution in [0.4, 0.5) is 4.39 Å². The fourth-order valence-corrected chi connectivity index (χ4v) is 4.01. The fraction of sp³-hybridized carbons (Fsp3) is 0.182. The van der Waals surface area contributed by atoms with Crippen molar-refractivity contribution in [1.82, 2.24) is 0 Å². The maximum absolute atomic E-state index is 13.1. The molecule has 166 valence electrons. The lowest BCUT2D eigenvalue weighted by atomic mass is 10.0. The van der Waals surface area contributed by atoms with Crippen molar-refractivity contribution in [2.75, 3.05) is 0 Å². The predicted octanol–water partition coefficient (Wildman–Crippen LogP) is 6.93. The molecule has 3 rings (SSSR count). The lowest BCUT2D eigenvalue weighted by molar-refractivity contribution is 0.371. The van der Waals surface area contributed by atoms with Crippen molar-refractivity contribution in [3.05, 3.63) is 87.2 Å². The molecule has 9 heteroatoms. The Bertz CT molecular complexity index is 1060. The van der Waals surface area contributed by atoms with E-state index < -0.39 is 13.8 Å². The summed E-state index contributed by atoms with van der Waals surface area (Å²) in [6.07, 6.45) is -0.139. The van der Waals surface area contributed by atoms with Crippen molar-refractivity contribution < 1.29 is 28.6 Å². The van der Waals surface area contributed by atoms with Crippen molar-refractivity contribution in [1.29, 1.82) is 0 Å². The summed E-state index contributed by atoms with van der Waals surface area (Å²) in [6, 6.07) is 13.3. The highest BCUT2D eigenvalue weighted by molar-refractivity contribution is 7.50. The van der Waals surface area contributed by atoms with Crippen LogP contribution in [-0.4, -0.2) is 14.9 Å². The molecule has 0 aliphatic carbocycles.